The summed E-state index contributed by atoms with van der Waals surface area (Å²) in [6.45, 7) is 1.85. The smallest absolute Gasteiger partial charge is 0.282 e. The van der Waals surface area contributed by atoms with Gasteiger partial charge in [-0.15, -0.1) is 11.3 Å². The first-order valence-corrected chi connectivity index (χ1v) is 9.00. The molecule has 9 heteroatoms. The van der Waals surface area contributed by atoms with E-state index < -0.39 is 16.9 Å². The fourth-order valence-corrected chi connectivity index (χ4v) is 3.23. The van der Waals surface area contributed by atoms with Crippen molar-refractivity contribution in [3.05, 3.63) is 79.9 Å². The molecule has 3 rings (SSSR count). The Kier molecular flexibility index (Phi) is 5.41. The fourth-order valence-electron chi connectivity index (χ4n) is 2.54. The van der Waals surface area contributed by atoms with E-state index in [4.69, 9.17) is 0 Å². The zero-order valence-electron chi connectivity index (χ0n) is 14.4. The molecule has 27 heavy (non-hydrogen) atoms. The maximum absolute atomic E-state index is 12.3. The van der Waals surface area contributed by atoms with E-state index in [1.807, 2.05) is 17.5 Å². The van der Waals surface area contributed by atoms with E-state index in [9.17, 15) is 19.7 Å². The van der Waals surface area contributed by atoms with Gasteiger partial charge in [0.2, 0.25) is 0 Å². The summed E-state index contributed by atoms with van der Waals surface area (Å²) in [5.74, 6) is -0.573. The van der Waals surface area contributed by atoms with Crippen molar-refractivity contribution in [2.24, 2.45) is 0 Å². The number of carbonyl (C=O) groups is 1. The van der Waals surface area contributed by atoms with Crippen LogP contribution < -0.4 is 10.9 Å². The average Bonchev–Trinajstić information content (AvgIpc) is 3.21. The van der Waals surface area contributed by atoms with Gasteiger partial charge in [0.15, 0.2) is 0 Å². The normalized spacial score (nSPS) is 11.7. The Labute approximate surface area is 158 Å². The van der Waals surface area contributed by atoms with Crippen LogP contribution in [0.5, 0.6) is 0 Å². The number of carbonyl (C=O) groups excluding carboxylic acids is 1. The highest BCUT2D eigenvalue weighted by Gasteiger charge is 2.20. The summed E-state index contributed by atoms with van der Waals surface area (Å²) < 4.78 is 1.30. The second-order valence-corrected chi connectivity index (χ2v) is 6.76. The number of nitrogens with zero attached hydrogens (tertiary/aromatic N) is 3. The first-order valence-electron chi connectivity index (χ1n) is 8.12. The van der Waals surface area contributed by atoms with Crippen molar-refractivity contribution < 1.29 is 9.72 Å². The highest BCUT2D eigenvalue weighted by Crippen LogP contribution is 2.21. The Morgan fingerprint density at radius 3 is 2.74 bits per heavy atom. The molecule has 1 unspecified atom stereocenters. The van der Waals surface area contributed by atoms with Gasteiger partial charge in [-0.2, -0.15) is 5.10 Å². The van der Waals surface area contributed by atoms with Gasteiger partial charge in [0.1, 0.15) is 11.3 Å². The highest BCUT2D eigenvalue weighted by molar-refractivity contribution is 7.13. The van der Waals surface area contributed by atoms with Gasteiger partial charge in [-0.05, 0) is 30.5 Å². The van der Waals surface area contributed by atoms with Gasteiger partial charge in [0.05, 0.1) is 15.8 Å². The molecular weight excluding hydrogens is 368 g/mol. The Morgan fingerprint density at radius 2 is 2.04 bits per heavy atom. The van der Waals surface area contributed by atoms with E-state index >= 15 is 0 Å². The number of amides is 1. The second kappa shape index (κ2) is 7.92. The van der Waals surface area contributed by atoms with Crippen LogP contribution >= 0.6 is 11.3 Å². The third-order valence-electron chi connectivity index (χ3n) is 3.92. The molecule has 0 radical (unpaired) electrons. The van der Waals surface area contributed by atoms with Gasteiger partial charge in [-0.1, -0.05) is 18.2 Å². The molecule has 0 bridgehead atoms. The summed E-state index contributed by atoms with van der Waals surface area (Å²) in [7, 11) is 0. The third-order valence-corrected chi connectivity index (χ3v) is 4.81. The minimum atomic E-state index is -0.602. The number of hydrogen-bond donors (Lipinski definition) is 1. The summed E-state index contributed by atoms with van der Waals surface area (Å²) in [6, 6.07) is 12.2. The maximum atomic E-state index is 12.3. The number of para-hydroxylation sites is 1. The van der Waals surface area contributed by atoms with Crippen molar-refractivity contribution in [2.75, 3.05) is 6.54 Å². The first-order chi connectivity index (χ1) is 13.0. The number of nitrogens with one attached hydrogen (secondary N) is 1. The molecule has 0 saturated carbocycles. The van der Waals surface area contributed by atoms with Crippen LogP contribution in [-0.4, -0.2) is 27.2 Å². The molecule has 0 fully saturated rings. The summed E-state index contributed by atoms with van der Waals surface area (Å²) in [5, 5.41) is 20.0. The van der Waals surface area contributed by atoms with Gasteiger partial charge in [-0.25, -0.2) is 4.68 Å². The lowest BCUT2D eigenvalue weighted by atomic mass is 10.1. The molecule has 2 aromatic heterocycles. The lowest BCUT2D eigenvalue weighted by molar-refractivity contribution is -0.385. The molecular formula is C18H16N4O4S. The van der Waals surface area contributed by atoms with E-state index in [1.165, 1.54) is 40.3 Å². The summed E-state index contributed by atoms with van der Waals surface area (Å²) in [6.07, 6.45) is 0. The van der Waals surface area contributed by atoms with E-state index in [2.05, 4.69) is 10.4 Å². The molecule has 1 amide bonds. The molecule has 2 heterocycles. The van der Waals surface area contributed by atoms with Crippen LogP contribution in [0.15, 0.2) is 58.7 Å². The minimum Gasteiger partial charge on any atom is -0.350 e. The van der Waals surface area contributed by atoms with Crippen molar-refractivity contribution >= 4 is 22.9 Å². The number of nitro groups is 1. The largest absolute Gasteiger partial charge is 0.350 e. The van der Waals surface area contributed by atoms with Gasteiger partial charge in [-0.3, -0.25) is 19.7 Å². The summed E-state index contributed by atoms with van der Waals surface area (Å²) in [5.41, 5.74) is 0.0872. The molecule has 0 aliphatic carbocycles. The number of rotatable bonds is 6. The Hall–Kier alpha value is -3.33. The summed E-state index contributed by atoms with van der Waals surface area (Å²) in [4.78, 5) is 35.8. The molecule has 3 aromatic rings. The molecule has 0 spiro atoms. The molecule has 1 aromatic carbocycles. The van der Waals surface area contributed by atoms with Crippen molar-refractivity contribution in [3.8, 4) is 10.6 Å². The standard InChI is InChI=1S/C18H16N4O4S/c1-12(11-19-18(24)13-5-2-3-6-15(13)22(25)26)21-17(23)9-8-14(20-21)16-7-4-10-27-16/h2-10,12H,11H2,1H3,(H,19,24). The average molecular weight is 384 g/mol. The maximum Gasteiger partial charge on any atom is 0.282 e. The van der Waals surface area contributed by atoms with Gasteiger partial charge >= 0.3 is 0 Å². The second-order valence-electron chi connectivity index (χ2n) is 5.81. The summed E-state index contributed by atoms with van der Waals surface area (Å²) >= 11 is 1.51. The monoisotopic (exact) mass is 384 g/mol. The Bertz CT molecular complexity index is 1030. The molecule has 1 N–H and O–H groups in total. The topological polar surface area (TPSA) is 107 Å². The van der Waals surface area contributed by atoms with E-state index in [1.54, 1.807) is 19.1 Å². The SMILES string of the molecule is CC(CNC(=O)c1ccccc1[N+](=O)[O-])n1nc(-c2cccs2)ccc1=O. The van der Waals surface area contributed by atoms with Gasteiger partial charge < -0.3 is 5.32 Å². The van der Waals surface area contributed by atoms with Crippen LogP contribution in [-0.2, 0) is 0 Å². The van der Waals surface area contributed by atoms with Crippen LogP contribution in [0.2, 0.25) is 0 Å². The fraction of sp³-hybridized carbons (Fsp3) is 0.167. The lowest BCUT2D eigenvalue weighted by Crippen LogP contribution is -2.35. The molecule has 138 valence electrons. The number of benzene rings is 1. The first kappa shape index (κ1) is 18.5. The predicted molar refractivity (Wildman–Crippen MR) is 102 cm³/mol. The van der Waals surface area contributed by atoms with Gasteiger partial charge in [0.25, 0.3) is 17.2 Å². The molecule has 8 nitrogen and oxygen atoms in total. The van der Waals surface area contributed by atoms with Crippen molar-refractivity contribution in [3.63, 3.8) is 0 Å². The quantitative estimate of drug-likeness (QED) is 0.519. The zero-order chi connectivity index (χ0) is 19.4. The number of hydrogen-bond acceptors (Lipinski definition) is 6. The van der Waals surface area contributed by atoms with Crippen molar-refractivity contribution in [2.45, 2.75) is 13.0 Å². The van der Waals surface area contributed by atoms with E-state index in [0.29, 0.717) is 5.69 Å². The van der Waals surface area contributed by atoms with E-state index in [0.717, 1.165) is 4.88 Å². The molecule has 0 saturated heterocycles. The zero-order valence-corrected chi connectivity index (χ0v) is 15.2. The van der Waals surface area contributed by atoms with Crippen molar-refractivity contribution in [1.29, 1.82) is 0 Å². The number of nitro benzene ring substituents is 1. The molecule has 0 aliphatic heterocycles. The number of aromatic nitrogens is 2. The van der Waals surface area contributed by atoms with Crippen molar-refractivity contribution in [1.82, 2.24) is 15.1 Å². The highest BCUT2D eigenvalue weighted by atomic mass is 32.1. The van der Waals surface area contributed by atoms with Crippen LogP contribution in [0, 0.1) is 10.1 Å². The third kappa shape index (κ3) is 4.09. The Morgan fingerprint density at radius 1 is 1.26 bits per heavy atom. The van der Waals surface area contributed by atoms with Crippen LogP contribution in [0.3, 0.4) is 0 Å². The number of thiophene rings is 1. The molecule has 1 atom stereocenters. The van der Waals surface area contributed by atoms with Crippen LogP contribution in [0.4, 0.5) is 5.69 Å². The van der Waals surface area contributed by atoms with Gasteiger partial charge in [0, 0.05) is 18.7 Å². The van der Waals surface area contributed by atoms with E-state index in [-0.39, 0.29) is 23.4 Å². The molecule has 0 aliphatic rings. The van der Waals surface area contributed by atoms with Crippen LogP contribution in [0.25, 0.3) is 10.6 Å². The lowest BCUT2D eigenvalue weighted by Gasteiger charge is -2.15. The van der Waals surface area contributed by atoms with Crippen LogP contribution in [0.1, 0.15) is 23.3 Å². The minimum absolute atomic E-state index is 0.0256. The predicted octanol–water partition coefficient (Wildman–Crippen LogP) is 2.87. The Balaban J connectivity index is 1.76.